The van der Waals surface area contributed by atoms with E-state index in [1.165, 1.54) is 0 Å². The van der Waals surface area contributed by atoms with Crippen LogP contribution in [-0.2, 0) is 9.53 Å². The molecule has 1 saturated carbocycles. The molecular formula is C16H18ClNO2. The van der Waals surface area contributed by atoms with E-state index in [-0.39, 0.29) is 5.78 Å². The maximum absolute atomic E-state index is 12.2. The van der Waals surface area contributed by atoms with Crippen LogP contribution in [0.4, 0.5) is 0 Å². The summed E-state index contributed by atoms with van der Waals surface area (Å²) in [4.78, 5) is 12.2. The second-order valence-corrected chi connectivity index (χ2v) is 5.64. The van der Waals surface area contributed by atoms with E-state index >= 15 is 0 Å². The Bertz CT molecular complexity index is 517. The number of hydrogen-bond acceptors (Lipinski definition) is 3. The number of ketones is 1. The SMILES string of the molecule is CCOC1CC(CC(=O)C(C#N)c2cccc(Cl)c2)C1. The maximum atomic E-state index is 12.2. The summed E-state index contributed by atoms with van der Waals surface area (Å²) in [5.74, 6) is -0.372. The molecule has 2 rings (SSSR count). The van der Waals surface area contributed by atoms with Crippen LogP contribution in [0.3, 0.4) is 0 Å². The van der Waals surface area contributed by atoms with Crippen molar-refractivity contribution in [3.63, 3.8) is 0 Å². The lowest BCUT2D eigenvalue weighted by atomic mass is 9.77. The van der Waals surface area contributed by atoms with Gasteiger partial charge in [-0.2, -0.15) is 5.26 Å². The first-order chi connectivity index (χ1) is 9.63. The van der Waals surface area contributed by atoms with Crippen LogP contribution in [0.2, 0.25) is 5.02 Å². The normalized spacial score (nSPS) is 22.6. The van der Waals surface area contributed by atoms with Gasteiger partial charge < -0.3 is 4.74 Å². The second-order valence-electron chi connectivity index (χ2n) is 5.20. The number of ether oxygens (including phenoxy) is 1. The van der Waals surface area contributed by atoms with Gasteiger partial charge in [0.15, 0.2) is 5.78 Å². The van der Waals surface area contributed by atoms with E-state index in [4.69, 9.17) is 16.3 Å². The fraction of sp³-hybridized carbons (Fsp3) is 0.500. The average Bonchev–Trinajstić information content (AvgIpc) is 2.37. The summed E-state index contributed by atoms with van der Waals surface area (Å²) in [7, 11) is 0. The summed E-state index contributed by atoms with van der Waals surface area (Å²) in [5, 5.41) is 9.79. The van der Waals surface area contributed by atoms with Gasteiger partial charge in [-0.3, -0.25) is 4.79 Å². The largest absolute Gasteiger partial charge is 0.378 e. The molecule has 3 nitrogen and oxygen atoms in total. The summed E-state index contributed by atoms with van der Waals surface area (Å²) in [5.41, 5.74) is 0.686. The van der Waals surface area contributed by atoms with Gasteiger partial charge in [-0.15, -0.1) is 0 Å². The summed E-state index contributed by atoms with van der Waals surface area (Å²) in [6, 6.07) is 9.07. The van der Waals surface area contributed by atoms with Gasteiger partial charge in [0.25, 0.3) is 0 Å². The van der Waals surface area contributed by atoms with Crippen LogP contribution in [0.1, 0.15) is 37.7 Å². The van der Waals surface area contributed by atoms with Gasteiger partial charge >= 0.3 is 0 Å². The Morgan fingerprint density at radius 3 is 2.90 bits per heavy atom. The Morgan fingerprint density at radius 1 is 1.55 bits per heavy atom. The van der Waals surface area contributed by atoms with E-state index in [1.807, 2.05) is 6.92 Å². The maximum Gasteiger partial charge on any atom is 0.154 e. The number of halogens is 1. The predicted molar refractivity (Wildman–Crippen MR) is 77.6 cm³/mol. The minimum atomic E-state index is -0.708. The fourth-order valence-corrected chi connectivity index (χ4v) is 2.83. The van der Waals surface area contributed by atoms with Crippen LogP contribution in [-0.4, -0.2) is 18.5 Å². The lowest BCUT2D eigenvalue weighted by Gasteiger charge is -2.34. The molecule has 0 amide bonds. The van der Waals surface area contributed by atoms with Crippen molar-refractivity contribution in [1.29, 1.82) is 5.26 Å². The number of rotatable bonds is 6. The Hall–Kier alpha value is -1.37. The molecule has 106 valence electrons. The number of Topliss-reactive ketones (excluding diaryl/α,β-unsaturated/α-hetero) is 1. The molecule has 1 atom stereocenters. The highest BCUT2D eigenvalue weighted by molar-refractivity contribution is 6.30. The minimum Gasteiger partial charge on any atom is -0.378 e. The highest BCUT2D eigenvalue weighted by atomic mass is 35.5. The number of nitriles is 1. The number of carbonyl (C=O) groups is 1. The smallest absolute Gasteiger partial charge is 0.154 e. The quantitative estimate of drug-likeness (QED) is 0.802. The van der Waals surface area contributed by atoms with Gasteiger partial charge in [-0.05, 0) is 43.4 Å². The number of carbonyl (C=O) groups excluding carboxylic acids is 1. The Kier molecular flexibility index (Phi) is 5.17. The van der Waals surface area contributed by atoms with Gasteiger partial charge in [0, 0.05) is 18.1 Å². The van der Waals surface area contributed by atoms with E-state index < -0.39 is 5.92 Å². The minimum absolute atomic E-state index is 0.0188. The van der Waals surface area contributed by atoms with Gasteiger partial charge in [-0.25, -0.2) is 0 Å². The topological polar surface area (TPSA) is 50.1 Å². The molecule has 0 spiro atoms. The molecule has 1 fully saturated rings. The highest BCUT2D eigenvalue weighted by Gasteiger charge is 2.33. The Labute approximate surface area is 124 Å². The van der Waals surface area contributed by atoms with Crippen molar-refractivity contribution >= 4 is 17.4 Å². The molecule has 1 unspecified atom stereocenters. The Morgan fingerprint density at radius 2 is 2.30 bits per heavy atom. The number of benzene rings is 1. The zero-order valence-electron chi connectivity index (χ0n) is 11.5. The summed E-state index contributed by atoms with van der Waals surface area (Å²) in [6.45, 7) is 2.69. The first kappa shape index (κ1) is 15.0. The third-order valence-electron chi connectivity index (χ3n) is 3.72. The van der Waals surface area contributed by atoms with Crippen LogP contribution in [0.5, 0.6) is 0 Å². The molecule has 0 bridgehead atoms. The van der Waals surface area contributed by atoms with Crippen LogP contribution in [0, 0.1) is 17.2 Å². The summed E-state index contributed by atoms with van der Waals surface area (Å²) in [6.07, 6.45) is 2.60. The van der Waals surface area contributed by atoms with E-state index in [1.54, 1.807) is 24.3 Å². The van der Waals surface area contributed by atoms with Crippen LogP contribution in [0.15, 0.2) is 24.3 Å². The zero-order valence-corrected chi connectivity index (χ0v) is 12.3. The molecule has 20 heavy (non-hydrogen) atoms. The second kappa shape index (κ2) is 6.88. The molecule has 1 aliphatic carbocycles. The van der Waals surface area contributed by atoms with Crippen molar-refractivity contribution in [3.8, 4) is 6.07 Å². The molecule has 1 aliphatic rings. The van der Waals surface area contributed by atoms with Crippen molar-refractivity contribution < 1.29 is 9.53 Å². The van der Waals surface area contributed by atoms with Crippen molar-refractivity contribution in [2.24, 2.45) is 5.92 Å². The van der Waals surface area contributed by atoms with Crippen molar-refractivity contribution in [3.05, 3.63) is 34.9 Å². The van der Waals surface area contributed by atoms with Gasteiger partial charge in [0.1, 0.15) is 5.92 Å². The van der Waals surface area contributed by atoms with Crippen molar-refractivity contribution in [2.75, 3.05) is 6.61 Å². The standard InChI is InChI=1S/C16H18ClNO2/c1-2-20-14-6-11(7-14)8-16(19)15(10-18)12-4-3-5-13(17)9-12/h3-5,9,11,14-15H,2,6-8H2,1H3. The van der Waals surface area contributed by atoms with Gasteiger partial charge in [-0.1, -0.05) is 23.7 Å². The zero-order chi connectivity index (χ0) is 14.5. The van der Waals surface area contributed by atoms with E-state index in [0.717, 1.165) is 12.8 Å². The highest BCUT2D eigenvalue weighted by Crippen LogP contribution is 2.34. The average molecular weight is 292 g/mol. The Balaban J connectivity index is 1.93. The molecule has 1 aromatic carbocycles. The molecule has 0 saturated heterocycles. The lowest BCUT2D eigenvalue weighted by Crippen LogP contribution is -2.33. The van der Waals surface area contributed by atoms with E-state index in [0.29, 0.717) is 35.6 Å². The van der Waals surface area contributed by atoms with Gasteiger partial charge in [0.05, 0.1) is 12.2 Å². The molecule has 0 aliphatic heterocycles. The summed E-state index contributed by atoms with van der Waals surface area (Å²) >= 11 is 5.91. The van der Waals surface area contributed by atoms with E-state index in [2.05, 4.69) is 6.07 Å². The fourth-order valence-electron chi connectivity index (χ4n) is 2.63. The molecular weight excluding hydrogens is 274 g/mol. The first-order valence-corrected chi connectivity index (χ1v) is 7.31. The molecule has 0 radical (unpaired) electrons. The number of hydrogen-bond donors (Lipinski definition) is 0. The first-order valence-electron chi connectivity index (χ1n) is 6.93. The van der Waals surface area contributed by atoms with E-state index in [9.17, 15) is 10.1 Å². The van der Waals surface area contributed by atoms with Gasteiger partial charge in [0.2, 0.25) is 0 Å². The predicted octanol–water partition coefficient (Wildman–Crippen LogP) is 3.72. The number of nitrogens with zero attached hydrogens (tertiary/aromatic N) is 1. The van der Waals surface area contributed by atoms with Crippen molar-refractivity contribution in [2.45, 2.75) is 38.2 Å². The molecule has 1 aromatic rings. The molecule has 4 heteroatoms. The lowest BCUT2D eigenvalue weighted by molar-refractivity contribution is -0.122. The van der Waals surface area contributed by atoms with Crippen LogP contribution in [0.25, 0.3) is 0 Å². The molecule has 0 N–H and O–H groups in total. The molecule has 0 aromatic heterocycles. The van der Waals surface area contributed by atoms with Crippen LogP contribution >= 0.6 is 11.6 Å². The van der Waals surface area contributed by atoms with Crippen molar-refractivity contribution in [1.82, 2.24) is 0 Å². The summed E-state index contributed by atoms with van der Waals surface area (Å²) < 4.78 is 5.48. The monoisotopic (exact) mass is 291 g/mol. The van der Waals surface area contributed by atoms with Crippen LogP contribution < -0.4 is 0 Å². The molecule has 0 heterocycles. The third kappa shape index (κ3) is 3.59. The third-order valence-corrected chi connectivity index (χ3v) is 3.95.